The van der Waals surface area contributed by atoms with E-state index in [1.54, 1.807) is 0 Å². The van der Waals surface area contributed by atoms with Crippen molar-refractivity contribution in [3.05, 3.63) is 17.5 Å². The predicted molar refractivity (Wildman–Crippen MR) is 43.8 cm³/mol. The van der Waals surface area contributed by atoms with E-state index in [1.165, 1.54) is 16.2 Å². The molecule has 1 aromatic rings. The van der Waals surface area contributed by atoms with Crippen molar-refractivity contribution in [2.45, 2.75) is 6.54 Å². The van der Waals surface area contributed by atoms with E-state index in [9.17, 15) is 9.59 Å². The summed E-state index contributed by atoms with van der Waals surface area (Å²) in [5.41, 5.74) is 1.81. The molecule has 1 aliphatic rings. The zero-order valence-electron chi connectivity index (χ0n) is 7.15. The molecular weight excluding hydrogens is 188 g/mol. The first-order chi connectivity index (χ1) is 6.72. The second-order valence-electron chi connectivity index (χ2n) is 2.83. The van der Waals surface area contributed by atoms with Crippen LogP contribution in [0.5, 0.6) is 0 Å². The fourth-order valence-electron chi connectivity index (χ4n) is 1.30. The fourth-order valence-corrected chi connectivity index (χ4v) is 1.30. The fraction of sp³-hybridized carbons (Fsp3) is 0.286. The zero-order chi connectivity index (χ0) is 10.1. The first kappa shape index (κ1) is 8.70. The number of hydroxylamine groups is 1. The summed E-state index contributed by atoms with van der Waals surface area (Å²) in [5, 5.41) is 14.8. The van der Waals surface area contributed by atoms with Gasteiger partial charge in [0, 0.05) is 12.6 Å². The van der Waals surface area contributed by atoms with E-state index in [2.05, 4.69) is 10.4 Å². The van der Waals surface area contributed by atoms with Crippen molar-refractivity contribution in [1.29, 1.82) is 0 Å². The van der Waals surface area contributed by atoms with Crippen LogP contribution in [-0.2, 0) is 6.54 Å². The van der Waals surface area contributed by atoms with Crippen molar-refractivity contribution in [2.75, 3.05) is 6.54 Å². The maximum absolute atomic E-state index is 11.2. The Bertz CT molecular complexity index is 398. The van der Waals surface area contributed by atoms with E-state index in [-0.39, 0.29) is 11.6 Å². The van der Waals surface area contributed by atoms with Gasteiger partial charge in [0.25, 0.3) is 11.8 Å². The Kier molecular flexibility index (Phi) is 1.93. The normalized spacial score (nSPS) is 14.5. The standard InChI is InChI=1S/C7H8N4O3/c12-6(10-14)4-3-5-7(13)8-1-2-11(5)9-4/h3,14H,1-2H2,(H,8,13)(H,10,12). The van der Waals surface area contributed by atoms with Crippen molar-refractivity contribution in [3.63, 3.8) is 0 Å². The van der Waals surface area contributed by atoms with E-state index in [1.807, 2.05) is 0 Å². The maximum Gasteiger partial charge on any atom is 0.295 e. The highest BCUT2D eigenvalue weighted by Crippen LogP contribution is 2.07. The third-order valence-electron chi connectivity index (χ3n) is 1.96. The molecule has 0 bridgehead atoms. The Balaban J connectivity index is 2.40. The molecule has 1 aliphatic heterocycles. The molecule has 0 unspecified atom stereocenters. The van der Waals surface area contributed by atoms with Gasteiger partial charge in [-0.3, -0.25) is 19.5 Å². The van der Waals surface area contributed by atoms with Crippen LogP contribution in [0.1, 0.15) is 21.0 Å². The molecule has 0 atom stereocenters. The van der Waals surface area contributed by atoms with Gasteiger partial charge in [-0.05, 0) is 0 Å². The van der Waals surface area contributed by atoms with E-state index in [0.29, 0.717) is 18.8 Å². The highest BCUT2D eigenvalue weighted by atomic mass is 16.5. The van der Waals surface area contributed by atoms with Crippen LogP contribution in [0.2, 0.25) is 0 Å². The first-order valence-electron chi connectivity index (χ1n) is 4.03. The second kappa shape index (κ2) is 3.11. The minimum Gasteiger partial charge on any atom is -0.349 e. The van der Waals surface area contributed by atoms with Gasteiger partial charge in [0.2, 0.25) is 0 Å². The van der Waals surface area contributed by atoms with Crippen molar-refractivity contribution in [1.82, 2.24) is 20.6 Å². The molecule has 0 spiro atoms. The number of aromatic nitrogens is 2. The highest BCUT2D eigenvalue weighted by molar-refractivity contribution is 5.97. The Morgan fingerprint density at radius 2 is 2.50 bits per heavy atom. The molecular formula is C7H8N4O3. The second-order valence-corrected chi connectivity index (χ2v) is 2.83. The number of rotatable bonds is 1. The lowest BCUT2D eigenvalue weighted by Crippen LogP contribution is -2.35. The summed E-state index contributed by atoms with van der Waals surface area (Å²) in [6, 6.07) is 1.33. The van der Waals surface area contributed by atoms with E-state index < -0.39 is 5.91 Å². The summed E-state index contributed by atoms with van der Waals surface area (Å²) >= 11 is 0. The van der Waals surface area contributed by atoms with Gasteiger partial charge >= 0.3 is 0 Å². The molecule has 0 saturated carbocycles. The van der Waals surface area contributed by atoms with E-state index in [0.717, 1.165) is 0 Å². The van der Waals surface area contributed by atoms with Gasteiger partial charge in [0.05, 0.1) is 6.54 Å². The van der Waals surface area contributed by atoms with Crippen LogP contribution in [0.4, 0.5) is 0 Å². The molecule has 2 amide bonds. The van der Waals surface area contributed by atoms with Gasteiger partial charge in [-0.1, -0.05) is 0 Å². The van der Waals surface area contributed by atoms with Crippen molar-refractivity contribution in [2.24, 2.45) is 0 Å². The summed E-state index contributed by atoms with van der Waals surface area (Å²) in [6.07, 6.45) is 0. The summed E-state index contributed by atoms with van der Waals surface area (Å²) in [7, 11) is 0. The molecule has 14 heavy (non-hydrogen) atoms. The minimum absolute atomic E-state index is 0.0274. The largest absolute Gasteiger partial charge is 0.349 e. The lowest BCUT2D eigenvalue weighted by atomic mass is 10.3. The number of carbonyl (C=O) groups excluding carboxylic acids is 2. The van der Waals surface area contributed by atoms with Gasteiger partial charge in [-0.15, -0.1) is 0 Å². The average molecular weight is 196 g/mol. The van der Waals surface area contributed by atoms with Crippen LogP contribution in [0, 0.1) is 0 Å². The SMILES string of the molecule is O=C(NO)c1cc2n(n1)CCNC2=O. The van der Waals surface area contributed by atoms with Crippen LogP contribution in [0.15, 0.2) is 6.07 Å². The Morgan fingerprint density at radius 3 is 3.14 bits per heavy atom. The van der Waals surface area contributed by atoms with Gasteiger partial charge in [-0.25, -0.2) is 5.48 Å². The smallest absolute Gasteiger partial charge is 0.295 e. The number of nitrogens with zero attached hydrogens (tertiary/aromatic N) is 2. The van der Waals surface area contributed by atoms with Crippen LogP contribution < -0.4 is 10.8 Å². The van der Waals surface area contributed by atoms with Gasteiger partial charge < -0.3 is 5.32 Å². The first-order valence-corrected chi connectivity index (χ1v) is 4.03. The highest BCUT2D eigenvalue weighted by Gasteiger charge is 2.21. The predicted octanol–water partition coefficient (Wildman–Crippen LogP) is -1.25. The number of fused-ring (bicyclic) bond motifs is 1. The number of nitrogens with one attached hydrogen (secondary N) is 2. The molecule has 1 aromatic heterocycles. The van der Waals surface area contributed by atoms with Gasteiger partial charge in [-0.2, -0.15) is 5.10 Å². The number of carbonyl (C=O) groups is 2. The van der Waals surface area contributed by atoms with Crippen LogP contribution in [-0.4, -0.2) is 33.3 Å². The Hall–Kier alpha value is -1.89. The maximum atomic E-state index is 11.2. The molecule has 2 heterocycles. The molecule has 0 radical (unpaired) electrons. The van der Waals surface area contributed by atoms with Crippen molar-refractivity contribution < 1.29 is 14.8 Å². The van der Waals surface area contributed by atoms with Crippen molar-refractivity contribution >= 4 is 11.8 Å². The van der Waals surface area contributed by atoms with Crippen LogP contribution in [0.3, 0.4) is 0 Å². The number of hydrogen-bond donors (Lipinski definition) is 3. The van der Waals surface area contributed by atoms with Gasteiger partial charge in [0.15, 0.2) is 5.69 Å². The van der Waals surface area contributed by atoms with Gasteiger partial charge in [0.1, 0.15) is 5.69 Å². The molecule has 0 fully saturated rings. The molecule has 74 valence electrons. The van der Waals surface area contributed by atoms with Crippen molar-refractivity contribution in [3.8, 4) is 0 Å². The molecule has 0 aliphatic carbocycles. The Labute approximate surface area is 78.7 Å². The molecule has 2 rings (SSSR count). The minimum atomic E-state index is -0.723. The molecule has 7 nitrogen and oxygen atoms in total. The molecule has 0 aromatic carbocycles. The quantitative estimate of drug-likeness (QED) is 0.386. The summed E-state index contributed by atoms with van der Waals surface area (Å²) in [5.74, 6) is -0.986. The number of amides is 2. The molecule has 3 N–H and O–H groups in total. The Morgan fingerprint density at radius 1 is 1.71 bits per heavy atom. The third kappa shape index (κ3) is 1.23. The monoisotopic (exact) mass is 196 g/mol. The summed E-state index contributed by atoms with van der Waals surface area (Å²) < 4.78 is 1.43. The molecule has 0 saturated heterocycles. The number of hydrogen-bond acceptors (Lipinski definition) is 4. The van der Waals surface area contributed by atoms with E-state index in [4.69, 9.17) is 5.21 Å². The zero-order valence-corrected chi connectivity index (χ0v) is 7.15. The lowest BCUT2D eigenvalue weighted by molar-refractivity contribution is 0.0699. The lowest BCUT2D eigenvalue weighted by Gasteiger charge is -2.13. The van der Waals surface area contributed by atoms with Crippen LogP contribution in [0.25, 0.3) is 0 Å². The summed E-state index contributed by atoms with van der Waals surface area (Å²) in [4.78, 5) is 22.2. The van der Waals surface area contributed by atoms with Crippen LogP contribution >= 0.6 is 0 Å². The topological polar surface area (TPSA) is 96.2 Å². The summed E-state index contributed by atoms with van der Waals surface area (Å²) in [6.45, 7) is 1.02. The molecule has 7 heteroatoms. The average Bonchev–Trinajstić information content (AvgIpc) is 2.62. The third-order valence-corrected chi connectivity index (χ3v) is 1.96. The van der Waals surface area contributed by atoms with E-state index >= 15 is 0 Å².